The van der Waals surface area contributed by atoms with Crippen LogP contribution in [0.4, 0.5) is 15.8 Å². The van der Waals surface area contributed by atoms with Gasteiger partial charge in [-0.2, -0.15) is 10.2 Å². The fourth-order valence-electron chi connectivity index (χ4n) is 3.35. The van der Waals surface area contributed by atoms with Gasteiger partial charge in [0.15, 0.2) is 5.82 Å². The zero-order valence-electron chi connectivity index (χ0n) is 16.9. The Kier molecular flexibility index (Phi) is 5.20. The maximum Gasteiger partial charge on any atom is 0.272 e. The Labute approximate surface area is 177 Å². The number of carbonyl (C=O) groups is 2. The van der Waals surface area contributed by atoms with Gasteiger partial charge in [0.2, 0.25) is 5.91 Å². The second kappa shape index (κ2) is 7.98. The highest BCUT2D eigenvalue weighted by atomic mass is 19.1. The Balaban J connectivity index is 1.51. The number of nitrogens with two attached hydrogens (primary N) is 1. The molecule has 0 radical (unpaired) electrons. The van der Waals surface area contributed by atoms with Gasteiger partial charge in [0.1, 0.15) is 17.6 Å². The molecule has 2 amide bonds. The summed E-state index contributed by atoms with van der Waals surface area (Å²) in [5.74, 6) is -0.904. The monoisotopic (exact) mass is 421 g/mol. The first kappa shape index (κ1) is 20.2. The van der Waals surface area contributed by atoms with Gasteiger partial charge in [0.25, 0.3) is 5.91 Å². The fourth-order valence-corrected chi connectivity index (χ4v) is 3.35. The van der Waals surface area contributed by atoms with Crippen LogP contribution in [0.15, 0.2) is 53.8 Å². The molecule has 2 aromatic heterocycles. The first-order valence-corrected chi connectivity index (χ1v) is 9.54. The number of halogens is 1. The van der Waals surface area contributed by atoms with Gasteiger partial charge in [0.05, 0.1) is 23.3 Å². The zero-order chi connectivity index (χ0) is 22.1. The summed E-state index contributed by atoms with van der Waals surface area (Å²) in [4.78, 5) is 28.9. The molecule has 1 aliphatic heterocycles. The number of pyridine rings is 1. The molecule has 0 fully saturated rings. The van der Waals surface area contributed by atoms with Gasteiger partial charge in [-0.25, -0.2) is 14.1 Å². The van der Waals surface area contributed by atoms with Crippen LogP contribution in [-0.2, 0) is 9.59 Å². The molecular formula is C21H20FN7O2. The van der Waals surface area contributed by atoms with Gasteiger partial charge >= 0.3 is 0 Å². The third-order valence-electron chi connectivity index (χ3n) is 4.82. The highest BCUT2D eigenvalue weighted by molar-refractivity contribution is 6.44. The van der Waals surface area contributed by atoms with E-state index in [1.807, 2.05) is 19.9 Å². The number of nitrogens with one attached hydrogen (secondary N) is 1. The summed E-state index contributed by atoms with van der Waals surface area (Å²) in [6.07, 6.45) is 1.55. The lowest BCUT2D eigenvalue weighted by atomic mass is 10.1. The quantitative estimate of drug-likeness (QED) is 0.654. The average Bonchev–Trinajstić information content (AvgIpc) is 3.33. The lowest BCUT2D eigenvalue weighted by Crippen LogP contribution is -2.39. The summed E-state index contributed by atoms with van der Waals surface area (Å²) in [6.45, 7) is 3.83. The molecule has 3 heterocycles. The fraction of sp³-hybridized carbons (Fsp3) is 0.190. The number of amides is 2. The summed E-state index contributed by atoms with van der Waals surface area (Å²) in [5, 5.41) is 12.7. The molecule has 9 nitrogen and oxygen atoms in total. The van der Waals surface area contributed by atoms with Crippen LogP contribution in [0, 0.1) is 19.7 Å². The van der Waals surface area contributed by atoms with Gasteiger partial charge in [-0.05, 0) is 56.3 Å². The van der Waals surface area contributed by atoms with Gasteiger partial charge < -0.3 is 11.1 Å². The minimum absolute atomic E-state index is 0.0375. The van der Waals surface area contributed by atoms with E-state index in [1.165, 1.54) is 35.5 Å². The van der Waals surface area contributed by atoms with E-state index in [2.05, 4.69) is 20.5 Å². The molecule has 1 atom stereocenters. The molecule has 0 unspecified atom stereocenters. The first-order valence-electron chi connectivity index (χ1n) is 9.54. The van der Waals surface area contributed by atoms with E-state index < -0.39 is 23.7 Å². The lowest BCUT2D eigenvalue weighted by molar-refractivity contribution is -0.119. The van der Waals surface area contributed by atoms with E-state index in [4.69, 9.17) is 5.73 Å². The van der Waals surface area contributed by atoms with E-state index in [9.17, 15) is 14.0 Å². The van der Waals surface area contributed by atoms with Gasteiger partial charge in [-0.3, -0.25) is 14.6 Å². The van der Waals surface area contributed by atoms with Crippen molar-refractivity contribution in [1.82, 2.24) is 14.8 Å². The molecule has 4 rings (SSSR count). The van der Waals surface area contributed by atoms with Crippen LogP contribution in [0.25, 0.3) is 5.82 Å². The van der Waals surface area contributed by atoms with Crippen molar-refractivity contribution in [3.63, 3.8) is 0 Å². The molecule has 0 bridgehead atoms. The van der Waals surface area contributed by atoms with Crippen LogP contribution >= 0.6 is 0 Å². The van der Waals surface area contributed by atoms with Crippen LogP contribution in [0.5, 0.6) is 0 Å². The molecule has 0 spiro atoms. The molecular weight excluding hydrogens is 401 g/mol. The molecule has 158 valence electrons. The normalized spacial score (nSPS) is 15.6. The van der Waals surface area contributed by atoms with E-state index in [0.717, 1.165) is 11.4 Å². The first-order chi connectivity index (χ1) is 14.8. The zero-order valence-corrected chi connectivity index (χ0v) is 16.9. The Morgan fingerprint density at radius 3 is 2.48 bits per heavy atom. The minimum Gasteiger partial charge on any atom is -0.368 e. The number of primary amides is 1. The van der Waals surface area contributed by atoms with Crippen molar-refractivity contribution in [2.24, 2.45) is 10.8 Å². The van der Waals surface area contributed by atoms with Crippen LogP contribution in [0.1, 0.15) is 17.8 Å². The number of hydrazone groups is 1. The predicted molar refractivity (Wildman–Crippen MR) is 113 cm³/mol. The lowest BCUT2D eigenvalue weighted by Gasteiger charge is -2.20. The predicted octanol–water partition coefficient (Wildman–Crippen LogP) is 2.08. The summed E-state index contributed by atoms with van der Waals surface area (Å²) >= 11 is 0. The largest absolute Gasteiger partial charge is 0.368 e. The SMILES string of the molecule is Cc1cc(C)n(-c2ccc(NC(=O)C3=NN(c4ccc(F)cc4)[C@@H](C(N)=O)C3)cn2)n1. The van der Waals surface area contributed by atoms with E-state index >= 15 is 0 Å². The van der Waals surface area contributed by atoms with Crippen LogP contribution in [-0.4, -0.2) is 38.3 Å². The van der Waals surface area contributed by atoms with Gasteiger partial charge in [-0.1, -0.05) is 0 Å². The number of hydrogen-bond acceptors (Lipinski definition) is 6. The van der Waals surface area contributed by atoms with E-state index in [0.29, 0.717) is 17.2 Å². The topological polar surface area (TPSA) is 118 Å². The summed E-state index contributed by atoms with van der Waals surface area (Å²) in [7, 11) is 0. The second-order valence-electron chi connectivity index (χ2n) is 7.19. The van der Waals surface area contributed by atoms with Crippen molar-refractivity contribution >= 4 is 28.9 Å². The molecule has 1 aliphatic rings. The third-order valence-corrected chi connectivity index (χ3v) is 4.82. The number of nitrogens with zero attached hydrogens (tertiary/aromatic N) is 5. The van der Waals surface area contributed by atoms with Crippen molar-refractivity contribution in [3.05, 3.63) is 65.9 Å². The minimum atomic E-state index is -0.835. The summed E-state index contributed by atoms with van der Waals surface area (Å²) in [5.41, 5.74) is 8.37. The van der Waals surface area contributed by atoms with E-state index in [-0.39, 0.29) is 12.1 Å². The van der Waals surface area contributed by atoms with Crippen molar-refractivity contribution in [1.29, 1.82) is 0 Å². The average molecular weight is 421 g/mol. The number of rotatable bonds is 5. The Morgan fingerprint density at radius 2 is 1.90 bits per heavy atom. The Hall–Kier alpha value is -4.08. The van der Waals surface area contributed by atoms with Crippen molar-refractivity contribution in [2.45, 2.75) is 26.3 Å². The smallest absolute Gasteiger partial charge is 0.272 e. The van der Waals surface area contributed by atoms with Crippen molar-refractivity contribution in [3.8, 4) is 5.82 Å². The molecule has 10 heteroatoms. The summed E-state index contributed by atoms with van der Waals surface area (Å²) < 4.78 is 14.9. The van der Waals surface area contributed by atoms with Crippen molar-refractivity contribution < 1.29 is 14.0 Å². The standard InChI is InChI=1S/C21H20FN7O2/c1-12-9-13(2)28(26-12)19-8-5-15(11-24-19)25-21(31)17-10-18(20(23)30)29(27-17)16-6-3-14(22)4-7-16/h3-9,11,18H,10H2,1-2H3,(H2,23,30)(H,25,31)/t18-/m1/s1. The van der Waals surface area contributed by atoms with Crippen LogP contribution < -0.4 is 16.1 Å². The maximum atomic E-state index is 13.2. The number of hydrogen-bond donors (Lipinski definition) is 2. The second-order valence-corrected chi connectivity index (χ2v) is 7.19. The number of aryl methyl sites for hydroxylation is 2. The maximum absolute atomic E-state index is 13.2. The highest BCUT2D eigenvalue weighted by Gasteiger charge is 2.35. The van der Waals surface area contributed by atoms with Crippen molar-refractivity contribution in [2.75, 3.05) is 10.3 Å². The Morgan fingerprint density at radius 1 is 1.16 bits per heavy atom. The molecule has 0 saturated heterocycles. The molecule has 31 heavy (non-hydrogen) atoms. The number of aromatic nitrogens is 3. The molecule has 3 aromatic rings. The molecule has 3 N–H and O–H groups in total. The number of carbonyl (C=O) groups excluding carboxylic acids is 2. The Bertz CT molecular complexity index is 1170. The number of benzene rings is 1. The molecule has 1 aromatic carbocycles. The third kappa shape index (κ3) is 4.13. The van der Waals surface area contributed by atoms with E-state index in [1.54, 1.807) is 16.8 Å². The summed E-state index contributed by atoms with van der Waals surface area (Å²) in [6, 6.07) is 9.98. The molecule has 0 saturated carbocycles. The molecule has 0 aliphatic carbocycles. The number of anilines is 2. The highest BCUT2D eigenvalue weighted by Crippen LogP contribution is 2.25. The van der Waals surface area contributed by atoms with Crippen LogP contribution in [0.3, 0.4) is 0 Å². The van der Waals surface area contributed by atoms with Gasteiger partial charge in [-0.15, -0.1) is 0 Å². The van der Waals surface area contributed by atoms with Crippen LogP contribution in [0.2, 0.25) is 0 Å². The van der Waals surface area contributed by atoms with Gasteiger partial charge in [0, 0.05) is 12.1 Å².